The van der Waals surface area contributed by atoms with Crippen LogP contribution in [0, 0.1) is 5.92 Å². The molecule has 2 aliphatic rings. The van der Waals surface area contributed by atoms with Crippen molar-refractivity contribution in [1.29, 1.82) is 0 Å². The summed E-state index contributed by atoms with van der Waals surface area (Å²) in [6.07, 6.45) is 5.38. The van der Waals surface area contributed by atoms with Crippen LogP contribution in [0.1, 0.15) is 43.0 Å². The van der Waals surface area contributed by atoms with Gasteiger partial charge in [0.1, 0.15) is 5.82 Å². The van der Waals surface area contributed by atoms with Crippen LogP contribution in [0.25, 0.3) is 0 Å². The SMILES string of the molecule is CCOC(=O)C1CCN(C(=O)c2cccnc2N2CCCC2)CC1. The molecule has 3 heterocycles. The molecule has 1 aromatic heterocycles. The molecule has 0 aliphatic carbocycles. The molecule has 24 heavy (non-hydrogen) atoms. The summed E-state index contributed by atoms with van der Waals surface area (Å²) >= 11 is 0. The van der Waals surface area contributed by atoms with E-state index in [1.54, 1.807) is 6.20 Å². The molecule has 0 radical (unpaired) electrons. The Morgan fingerprint density at radius 2 is 1.92 bits per heavy atom. The van der Waals surface area contributed by atoms with Gasteiger partial charge in [-0.15, -0.1) is 0 Å². The van der Waals surface area contributed by atoms with E-state index in [9.17, 15) is 9.59 Å². The van der Waals surface area contributed by atoms with E-state index in [1.165, 1.54) is 0 Å². The molecule has 0 unspecified atom stereocenters. The molecule has 1 amide bonds. The number of hydrogen-bond donors (Lipinski definition) is 0. The predicted molar refractivity (Wildman–Crippen MR) is 90.9 cm³/mol. The Balaban J connectivity index is 1.67. The van der Waals surface area contributed by atoms with Crippen LogP contribution in [0.2, 0.25) is 0 Å². The first-order chi connectivity index (χ1) is 11.7. The number of pyridine rings is 1. The molecule has 0 spiro atoms. The summed E-state index contributed by atoms with van der Waals surface area (Å²) in [6.45, 7) is 5.34. The summed E-state index contributed by atoms with van der Waals surface area (Å²) < 4.78 is 5.09. The maximum Gasteiger partial charge on any atom is 0.309 e. The molecule has 0 atom stereocenters. The van der Waals surface area contributed by atoms with Crippen LogP contribution in [0.3, 0.4) is 0 Å². The van der Waals surface area contributed by atoms with E-state index in [0.29, 0.717) is 38.1 Å². The van der Waals surface area contributed by atoms with E-state index in [1.807, 2.05) is 24.0 Å². The van der Waals surface area contributed by atoms with Crippen LogP contribution >= 0.6 is 0 Å². The first kappa shape index (κ1) is 16.7. The van der Waals surface area contributed by atoms with Crippen molar-refractivity contribution in [3.8, 4) is 0 Å². The second-order valence-electron chi connectivity index (χ2n) is 6.39. The van der Waals surface area contributed by atoms with E-state index in [2.05, 4.69) is 9.88 Å². The molecule has 130 valence electrons. The van der Waals surface area contributed by atoms with Gasteiger partial charge in [0.05, 0.1) is 18.1 Å². The number of carbonyl (C=O) groups is 2. The lowest BCUT2D eigenvalue weighted by atomic mass is 9.96. The predicted octanol–water partition coefficient (Wildman–Crippen LogP) is 2.10. The zero-order valence-electron chi connectivity index (χ0n) is 14.2. The highest BCUT2D eigenvalue weighted by Crippen LogP contribution is 2.25. The van der Waals surface area contributed by atoms with Gasteiger partial charge in [-0.2, -0.15) is 0 Å². The minimum Gasteiger partial charge on any atom is -0.466 e. The number of amides is 1. The third-order valence-electron chi connectivity index (χ3n) is 4.82. The van der Waals surface area contributed by atoms with Crippen molar-refractivity contribution in [3.63, 3.8) is 0 Å². The van der Waals surface area contributed by atoms with Crippen molar-refractivity contribution in [2.24, 2.45) is 5.92 Å². The van der Waals surface area contributed by atoms with Crippen molar-refractivity contribution < 1.29 is 14.3 Å². The van der Waals surface area contributed by atoms with E-state index in [0.717, 1.165) is 31.7 Å². The van der Waals surface area contributed by atoms with Crippen molar-refractivity contribution in [3.05, 3.63) is 23.9 Å². The summed E-state index contributed by atoms with van der Waals surface area (Å²) in [4.78, 5) is 33.2. The minimum atomic E-state index is -0.135. The van der Waals surface area contributed by atoms with Gasteiger partial charge in [0.15, 0.2) is 0 Å². The summed E-state index contributed by atoms with van der Waals surface area (Å²) in [7, 11) is 0. The number of esters is 1. The molecule has 1 aromatic rings. The average molecular weight is 331 g/mol. The van der Waals surface area contributed by atoms with Crippen molar-refractivity contribution in [2.45, 2.75) is 32.6 Å². The Hall–Kier alpha value is -2.11. The molecule has 0 aromatic carbocycles. The Morgan fingerprint density at radius 1 is 1.21 bits per heavy atom. The van der Waals surface area contributed by atoms with Gasteiger partial charge >= 0.3 is 5.97 Å². The number of aromatic nitrogens is 1. The Labute approximate surface area is 142 Å². The maximum absolute atomic E-state index is 12.9. The molecule has 6 nitrogen and oxygen atoms in total. The fourth-order valence-corrected chi connectivity index (χ4v) is 3.49. The molecule has 0 N–H and O–H groups in total. The Morgan fingerprint density at radius 3 is 2.58 bits per heavy atom. The first-order valence-electron chi connectivity index (χ1n) is 8.86. The second-order valence-corrected chi connectivity index (χ2v) is 6.39. The number of anilines is 1. The van der Waals surface area contributed by atoms with E-state index in [-0.39, 0.29) is 17.8 Å². The van der Waals surface area contributed by atoms with Crippen LogP contribution < -0.4 is 4.90 Å². The fourth-order valence-electron chi connectivity index (χ4n) is 3.49. The number of rotatable bonds is 4. The number of likely N-dealkylation sites (tertiary alicyclic amines) is 1. The third kappa shape index (κ3) is 3.52. The van der Waals surface area contributed by atoms with E-state index >= 15 is 0 Å². The van der Waals surface area contributed by atoms with Gasteiger partial charge in [-0.3, -0.25) is 9.59 Å². The third-order valence-corrected chi connectivity index (χ3v) is 4.82. The summed E-state index contributed by atoms with van der Waals surface area (Å²) in [5.74, 6) is 0.601. The number of carbonyl (C=O) groups excluding carboxylic acids is 2. The Bertz CT molecular complexity index is 591. The van der Waals surface area contributed by atoms with Gasteiger partial charge in [0, 0.05) is 32.4 Å². The quantitative estimate of drug-likeness (QED) is 0.791. The lowest BCUT2D eigenvalue weighted by Gasteiger charge is -2.31. The van der Waals surface area contributed by atoms with Crippen LogP contribution in [-0.2, 0) is 9.53 Å². The van der Waals surface area contributed by atoms with Crippen LogP contribution in [0.4, 0.5) is 5.82 Å². The van der Waals surface area contributed by atoms with Crippen molar-refractivity contribution >= 4 is 17.7 Å². The number of ether oxygens (including phenoxy) is 1. The highest BCUT2D eigenvalue weighted by molar-refractivity contribution is 5.99. The molecule has 2 fully saturated rings. The van der Waals surface area contributed by atoms with E-state index < -0.39 is 0 Å². The summed E-state index contributed by atoms with van der Waals surface area (Å²) in [5.41, 5.74) is 0.675. The van der Waals surface area contributed by atoms with Gasteiger partial charge in [-0.05, 0) is 44.7 Å². The number of piperidine rings is 1. The minimum absolute atomic E-state index is 0.0207. The Kier molecular flexibility index (Phi) is 5.33. The summed E-state index contributed by atoms with van der Waals surface area (Å²) in [6, 6.07) is 3.68. The maximum atomic E-state index is 12.9. The largest absolute Gasteiger partial charge is 0.466 e. The highest BCUT2D eigenvalue weighted by Gasteiger charge is 2.30. The normalized spacial score (nSPS) is 18.7. The van der Waals surface area contributed by atoms with Crippen LogP contribution in [0.5, 0.6) is 0 Å². The number of nitrogens with zero attached hydrogens (tertiary/aromatic N) is 3. The van der Waals surface area contributed by atoms with Crippen LogP contribution in [0.15, 0.2) is 18.3 Å². The molecular weight excluding hydrogens is 306 g/mol. The van der Waals surface area contributed by atoms with Gasteiger partial charge in [0.2, 0.25) is 0 Å². The van der Waals surface area contributed by atoms with Crippen molar-refractivity contribution in [2.75, 3.05) is 37.7 Å². The van der Waals surface area contributed by atoms with Gasteiger partial charge in [-0.1, -0.05) is 0 Å². The molecular formula is C18H25N3O3. The zero-order chi connectivity index (χ0) is 16.9. The van der Waals surface area contributed by atoms with Crippen LogP contribution in [-0.4, -0.2) is 54.5 Å². The monoisotopic (exact) mass is 331 g/mol. The first-order valence-corrected chi connectivity index (χ1v) is 8.86. The molecule has 2 aliphatic heterocycles. The molecule has 6 heteroatoms. The molecule has 0 saturated carbocycles. The standard InChI is InChI=1S/C18H25N3O3/c1-2-24-18(23)14-7-12-21(13-8-14)17(22)15-6-5-9-19-16(15)20-10-3-4-11-20/h5-6,9,14H,2-4,7-8,10-13H2,1H3. The van der Waals surface area contributed by atoms with Gasteiger partial charge < -0.3 is 14.5 Å². The topological polar surface area (TPSA) is 62.7 Å². The lowest BCUT2D eigenvalue weighted by Crippen LogP contribution is -2.41. The highest BCUT2D eigenvalue weighted by atomic mass is 16.5. The van der Waals surface area contributed by atoms with Gasteiger partial charge in [0.25, 0.3) is 5.91 Å². The van der Waals surface area contributed by atoms with Gasteiger partial charge in [-0.25, -0.2) is 4.98 Å². The zero-order valence-corrected chi connectivity index (χ0v) is 14.2. The molecule has 0 bridgehead atoms. The van der Waals surface area contributed by atoms with Crippen molar-refractivity contribution in [1.82, 2.24) is 9.88 Å². The second kappa shape index (κ2) is 7.64. The number of hydrogen-bond acceptors (Lipinski definition) is 5. The fraction of sp³-hybridized carbons (Fsp3) is 0.611. The summed E-state index contributed by atoms with van der Waals surface area (Å²) in [5, 5.41) is 0. The smallest absolute Gasteiger partial charge is 0.309 e. The van der Waals surface area contributed by atoms with E-state index in [4.69, 9.17) is 4.74 Å². The average Bonchev–Trinajstić information content (AvgIpc) is 3.16. The lowest BCUT2D eigenvalue weighted by molar-refractivity contribution is -0.149. The molecule has 2 saturated heterocycles. The molecule has 3 rings (SSSR count).